The van der Waals surface area contributed by atoms with Crippen molar-refractivity contribution >= 4 is 11.6 Å². The zero-order chi connectivity index (χ0) is 17.8. The minimum atomic E-state index is -4.95. The monoisotopic (exact) mass is 339 g/mol. The molecule has 0 bridgehead atoms. The molecule has 0 saturated carbocycles. The van der Waals surface area contributed by atoms with Gasteiger partial charge < -0.3 is 14.8 Å². The van der Waals surface area contributed by atoms with E-state index in [1.165, 1.54) is 43.5 Å². The third-order valence-corrected chi connectivity index (χ3v) is 3.53. The van der Waals surface area contributed by atoms with Gasteiger partial charge in [-0.15, -0.1) is 0 Å². The van der Waals surface area contributed by atoms with Crippen molar-refractivity contribution in [2.75, 3.05) is 19.5 Å². The maximum absolute atomic E-state index is 13.7. The summed E-state index contributed by atoms with van der Waals surface area (Å²) in [5.74, 6) is -0.931. The van der Waals surface area contributed by atoms with Crippen molar-refractivity contribution in [3.8, 4) is 5.75 Å². The van der Waals surface area contributed by atoms with Crippen molar-refractivity contribution in [2.45, 2.75) is 11.8 Å². The first kappa shape index (κ1) is 17.8. The first-order valence-corrected chi connectivity index (χ1v) is 6.98. The number of amides is 1. The number of rotatable bonds is 5. The zero-order valence-corrected chi connectivity index (χ0v) is 13.1. The fourth-order valence-electron chi connectivity index (χ4n) is 2.34. The van der Waals surface area contributed by atoms with Gasteiger partial charge in [0.05, 0.1) is 7.11 Å². The van der Waals surface area contributed by atoms with Crippen molar-refractivity contribution < 1.29 is 27.4 Å². The second-order valence-electron chi connectivity index (χ2n) is 4.94. The molecule has 1 unspecified atom stereocenters. The van der Waals surface area contributed by atoms with Gasteiger partial charge in [0, 0.05) is 24.4 Å². The molecule has 2 rings (SSSR count). The lowest BCUT2D eigenvalue weighted by molar-refractivity contribution is -0.263. The molecule has 1 N–H and O–H groups in total. The van der Waals surface area contributed by atoms with Crippen LogP contribution in [0.1, 0.15) is 5.56 Å². The van der Waals surface area contributed by atoms with Crippen molar-refractivity contribution in [2.24, 2.45) is 0 Å². The van der Waals surface area contributed by atoms with Crippen LogP contribution in [-0.4, -0.2) is 26.3 Å². The van der Waals surface area contributed by atoms with Crippen LogP contribution in [0.15, 0.2) is 54.6 Å². The molecule has 0 aliphatic carbocycles. The van der Waals surface area contributed by atoms with Crippen LogP contribution in [0.4, 0.5) is 18.9 Å². The predicted octanol–water partition coefficient (Wildman–Crippen LogP) is 3.74. The van der Waals surface area contributed by atoms with Gasteiger partial charge in [-0.2, -0.15) is 13.2 Å². The van der Waals surface area contributed by atoms with E-state index in [4.69, 9.17) is 9.47 Å². The van der Waals surface area contributed by atoms with E-state index in [2.05, 4.69) is 5.32 Å². The molecule has 7 heteroatoms. The Morgan fingerprint density at radius 3 is 2.21 bits per heavy atom. The lowest BCUT2D eigenvalue weighted by Crippen LogP contribution is -2.53. The average Bonchev–Trinajstić information content (AvgIpc) is 2.56. The number of carbonyl (C=O) groups is 1. The zero-order valence-electron chi connectivity index (χ0n) is 13.1. The van der Waals surface area contributed by atoms with Crippen LogP contribution in [0.25, 0.3) is 0 Å². The molecule has 0 aliphatic rings. The molecule has 0 radical (unpaired) electrons. The number of anilines is 1. The molecule has 0 aliphatic heterocycles. The molecule has 0 saturated heterocycles. The van der Waals surface area contributed by atoms with Crippen molar-refractivity contribution in [1.29, 1.82) is 0 Å². The number of ether oxygens (including phenoxy) is 2. The van der Waals surface area contributed by atoms with Gasteiger partial charge in [-0.05, 0) is 12.1 Å². The van der Waals surface area contributed by atoms with Crippen LogP contribution in [-0.2, 0) is 15.1 Å². The summed E-state index contributed by atoms with van der Waals surface area (Å²) in [4.78, 5) is 12.5. The third kappa shape index (κ3) is 3.21. The molecular formula is C17H16F3NO3. The van der Waals surface area contributed by atoms with Gasteiger partial charge in [0.15, 0.2) is 0 Å². The minimum Gasteiger partial charge on any atom is -0.497 e. The van der Waals surface area contributed by atoms with E-state index in [0.717, 1.165) is 7.11 Å². The Labute approximate surface area is 137 Å². The number of halogens is 3. The summed E-state index contributed by atoms with van der Waals surface area (Å²) < 4.78 is 51.0. The summed E-state index contributed by atoms with van der Waals surface area (Å²) in [6, 6.07) is 12.8. The molecule has 0 spiro atoms. The summed E-state index contributed by atoms with van der Waals surface area (Å²) in [5.41, 5.74) is -3.25. The summed E-state index contributed by atoms with van der Waals surface area (Å²) in [6.45, 7) is 0. The van der Waals surface area contributed by atoms with E-state index in [-0.39, 0.29) is 11.3 Å². The Balaban J connectivity index is 2.45. The maximum atomic E-state index is 13.7. The second kappa shape index (κ2) is 6.92. The van der Waals surface area contributed by atoms with Gasteiger partial charge >= 0.3 is 6.18 Å². The molecule has 24 heavy (non-hydrogen) atoms. The standard InChI is InChI=1S/C17H16F3NO3/c1-23-14-10-6-9-13(11-14)21-15(22)16(24-2,17(18,19)20)12-7-4-3-5-8-12/h3-11H,1-2H3,(H,21,22). The number of alkyl halides is 3. The van der Waals surface area contributed by atoms with Crippen molar-refractivity contribution in [3.63, 3.8) is 0 Å². The summed E-state index contributed by atoms with van der Waals surface area (Å²) >= 11 is 0. The van der Waals surface area contributed by atoms with Crippen molar-refractivity contribution in [3.05, 3.63) is 60.2 Å². The quantitative estimate of drug-likeness (QED) is 0.903. The number of nitrogens with one attached hydrogen (secondary N) is 1. The van der Waals surface area contributed by atoms with Gasteiger partial charge in [0.2, 0.25) is 0 Å². The third-order valence-electron chi connectivity index (χ3n) is 3.53. The highest BCUT2D eigenvalue weighted by molar-refractivity contribution is 5.99. The fraction of sp³-hybridized carbons (Fsp3) is 0.235. The first-order valence-electron chi connectivity index (χ1n) is 6.98. The van der Waals surface area contributed by atoms with Crippen LogP contribution in [0, 0.1) is 0 Å². The Hall–Kier alpha value is -2.54. The average molecular weight is 339 g/mol. The normalized spacial score (nSPS) is 13.9. The molecule has 2 aromatic rings. The summed E-state index contributed by atoms with van der Waals surface area (Å²) in [6.07, 6.45) is -4.95. The van der Waals surface area contributed by atoms with E-state index in [1.54, 1.807) is 18.2 Å². The molecular weight excluding hydrogens is 323 g/mol. The van der Waals surface area contributed by atoms with E-state index >= 15 is 0 Å². The molecule has 2 aromatic carbocycles. The molecule has 0 heterocycles. The van der Waals surface area contributed by atoms with Crippen LogP contribution in [0.5, 0.6) is 5.75 Å². The van der Waals surface area contributed by atoms with Crippen LogP contribution in [0.2, 0.25) is 0 Å². The van der Waals surface area contributed by atoms with E-state index in [0.29, 0.717) is 5.75 Å². The number of carbonyl (C=O) groups excluding carboxylic acids is 1. The highest BCUT2D eigenvalue weighted by Gasteiger charge is 2.62. The van der Waals surface area contributed by atoms with Gasteiger partial charge in [-0.25, -0.2) is 0 Å². The Kier molecular flexibility index (Phi) is 5.14. The highest BCUT2D eigenvalue weighted by Crippen LogP contribution is 2.42. The molecule has 0 fully saturated rings. The van der Waals surface area contributed by atoms with E-state index in [1.807, 2.05) is 0 Å². The largest absolute Gasteiger partial charge is 0.497 e. The smallest absolute Gasteiger partial charge is 0.430 e. The topological polar surface area (TPSA) is 47.6 Å². The Morgan fingerprint density at radius 1 is 1.00 bits per heavy atom. The summed E-state index contributed by atoms with van der Waals surface area (Å²) in [5, 5.41) is 2.25. The lowest BCUT2D eigenvalue weighted by Gasteiger charge is -2.33. The molecule has 1 amide bonds. The SMILES string of the molecule is COc1cccc(NC(=O)C(OC)(c2ccccc2)C(F)(F)F)c1. The number of hydrogen-bond donors (Lipinski definition) is 1. The van der Waals surface area contributed by atoms with Crippen LogP contribution < -0.4 is 10.1 Å². The highest BCUT2D eigenvalue weighted by atomic mass is 19.4. The fourth-order valence-corrected chi connectivity index (χ4v) is 2.34. The predicted molar refractivity (Wildman–Crippen MR) is 82.8 cm³/mol. The van der Waals surface area contributed by atoms with E-state index < -0.39 is 17.7 Å². The second-order valence-corrected chi connectivity index (χ2v) is 4.94. The van der Waals surface area contributed by atoms with Gasteiger partial charge in [0.25, 0.3) is 11.5 Å². The van der Waals surface area contributed by atoms with Crippen molar-refractivity contribution in [1.82, 2.24) is 0 Å². The van der Waals surface area contributed by atoms with E-state index in [9.17, 15) is 18.0 Å². The molecule has 0 aromatic heterocycles. The Morgan fingerprint density at radius 2 is 1.67 bits per heavy atom. The molecule has 128 valence electrons. The number of benzene rings is 2. The summed E-state index contributed by atoms with van der Waals surface area (Å²) in [7, 11) is 2.27. The van der Waals surface area contributed by atoms with Gasteiger partial charge in [-0.3, -0.25) is 4.79 Å². The number of methoxy groups -OCH3 is 2. The first-order chi connectivity index (χ1) is 11.3. The molecule has 4 nitrogen and oxygen atoms in total. The lowest BCUT2D eigenvalue weighted by atomic mass is 9.91. The van der Waals surface area contributed by atoms with Gasteiger partial charge in [-0.1, -0.05) is 36.4 Å². The molecule has 1 atom stereocenters. The maximum Gasteiger partial charge on any atom is 0.430 e. The number of hydrogen-bond acceptors (Lipinski definition) is 3. The Bertz CT molecular complexity index is 704. The van der Waals surface area contributed by atoms with Crippen LogP contribution >= 0.6 is 0 Å². The minimum absolute atomic E-state index is 0.168. The van der Waals surface area contributed by atoms with Crippen LogP contribution in [0.3, 0.4) is 0 Å². The van der Waals surface area contributed by atoms with Gasteiger partial charge in [0.1, 0.15) is 5.75 Å².